The number of ether oxygens (including phenoxy) is 1. The fraction of sp³-hybridized carbons (Fsp3) is 0.160. The van der Waals surface area contributed by atoms with Crippen LogP contribution in [-0.4, -0.2) is 19.2 Å². The third kappa shape index (κ3) is 4.10. The van der Waals surface area contributed by atoms with Crippen molar-refractivity contribution >= 4 is 23.8 Å². The number of hydrogen-bond donors (Lipinski definition) is 1. The van der Waals surface area contributed by atoms with E-state index in [1.807, 2.05) is 31.2 Å². The van der Waals surface area contributed by atoms with Gasteiger partial charge in [-0.2, -0.15) is 0 Å². The van der Waals surface area contributed by atoms with Crippen molar-refractivity contribution in [3.63, 3.8) is 0 Å². The van der Waals surface area contributed by atoms with Gasteiger partial charge in [0.25, 0.3) is 0 Å². The Morgan fingerprint density at radius 2 is 1.73 bits per heavy atom. The Balaban J connectivity index is 1.34. The number of benzene rings is 3. The molecular formula is C25H21ClFNO2. The second-order valence-electron chi connectivity index (χ2n) is 7.23. The highest BCUT2D eigenvalue weighted by Gasteiger charge is 2.28. The van der Waals surface area contributed by atoms with E-state index in [1.54, 1.807) is 18.2 Å². The van der Waals surface area contributed by atoms with Crippen LogP contribution in [0.3, 0.4) is 0 Å². The zero-order chi connectivity index (χ0) is 21.1. The number of hydrogen-bond acceptors (Lipinski definition) is 2. The molecule has 0 spiro atoms. The Hall–Kier alpha value is -3.11. The van der Waals surface area contributed by atoms with Crippen LogP contribution in [0.15, 0.2) is 66.7 Å². The molecule has 5 heteroatoms. The number of halogens is 2. The predicted molar refractivity (Wildman–Crippen MR) is 118 cm³/mol. The highest BCUT2D eigenvalue weighted by atomic mass is 35.5. The van der Waals surface area contributed by atoms with E-state index in [-0.39, 0.29) is 19.1 Å². The fourth-order valence-corrected chi connectivity index (χ4v) is 3.94. The Morgan fingerprint density at radius 1 is 1.10 bits per heavy atom. The van der Waals surface area contributed by atoms with Gasteiger partial charge in [0.1, 0.15) is 12.4 Å². The lowest BCUT2D eigenvalue weighted by molar-refractivity contribution is 0.144. The van der Waals surface area contributed by atoms with Crippen LogP contribution in [0, 0.1) is 12.7 Å². The second-order valence-corrected chi connectivity index (χ2v) is 7.64. The molecular weight excluding hydrogens is 401 g/mol. The largest absolute Gasteiger partial charge is 0.449 e. The van der Waals surface area contributed by atoms with Crippen molar-refractivity contribution in [2.75, 3.05) is 13.2 Å². The summed E-state index contributed by atoms with van der Waals surface area (Å²) in [5.41, 5.74) is 5.92. The van der Waals surface area contributed by atoms with Gasteiger partial charge in [-0.3, -0.25) is 0 Å². The molecule has 0 bridgehead atoms. The monoisotopic (exact) mass is 421 g/mol. The molecule has 0 heterocycles. The first-order valence-electron chi connectivity index (χ1n) is 9.75. The molecule has 0 fully saturated rings. The smallest absolute Gasteiger partial charge is 0.407 e. The van der Waals surface area contributed by atoms with E-state index in [1.165, 1.54) is 28.3 Å². The SMILES string of the molecule is Cc1cc(C=CCNC(=O)OCC2c3ccccc3-c3ccccc32)c(F)cc1Cl. The molecule has 0 unspecified atom stereocenters. The molecule has 0 aromatic heterocycles. The first kappa shape index (κ1) is 20.2. The van der Waals surface area contributed by atoms with E-state index >= 15 is 0 Å². The number of fused-ring (bicyclic) bond motifs is 3. The molecule has 30 heavy (non-hydrogen) atoms. The van der Waals surface area contributed by atoms with Crippen molar-refractivity contribution in [1.82, 2.24) is 5.32 Å². The van der Waals surface area contributed by atoms with Gasteiger partial charge >= 0.3 is 6.09 Å². The first-order valence-corrected chi connectivity index (χ1v) is 10.1. The lowest BCUT2D eigenvalue weighted by atomic mass is 9.98. The first-order chi connectivity index (χ1) is 14.5. The Kier molecular flexibility index (Phi) is 5.86. The van der Waals surface area contributed by atoms with Crippen molar-refractivity contribution in [2.45, 2.75) is 12.8 Å². The lowest BCUT2D eigenvalue weighted by Crippen LogP contribution is -2.26. The van der Waals surface area contributed by atoms with Gasteiger partial charge in [-0.1, -0.05) is 72.3 Å². The quantitative estimate of drug-likeness (QED) is 0.522. The minimum absolute atomic E-state index is 0.0184. The van der Waals surface area contributed by atoms with Gasteiger partial charge in [-0.05, 0) is 46.9 Å². The summed E-state index contributed by atoms with van der Waals surface area (Å²) in [5, 5.41) is 3.06. The molecule has 3 aromatic rings. The highest BCUT2D eigenvalue weighted by Crippen LogP contribution is 2.44. The zero-order valence-corrected chi connectivity index (χ0v) is 17.2. The minimum atomic E-state index is -0.505. The fourth-order valence-electron chi connectivity index (χ4n) is 3.78. The number of amides is 1. The summed E-state index contributed by atoms with van der Waals surface area (Å²) in [6.07, 6.45) is 2.78. The molecule has 3 nitrogen and oxygen atoms in total. The van der Waals surface area contributed by atoms with E-state index in [4.69, 9.17) is 16.3 Å². The van der Waals surface area contributed by atoms with E-state index < -0.39 is 11.9 Å². The number of aryl methyl sites for hydroxylation is 1. The van der Waals surface area contributed by atoms with E-state index in [2.05, 4.69) is 29.6 Å². The van der Waals surface area contributed by atoms with E-state index in [9.17, 15) is 9.18 Å². The maximum Gasteiger partial charge on any atom is 0.407 e. The van der Waals surface area contributed by atoms with Gasteiger partial charge < -0.3 is 10.1 Å². The molecule has 0 saturated heterocycles. The number of nitrogens with one attached hydrogen (secondary N) is 1. The predicted octanol–water partition coefficient (Wildman–Crippen LogP) is 6.34. The molecule has 0 saturated carbocycles. The number of carbonyl (C=O) groups is 1. The molecule has 4 rings (SSSR count). The third-order valence-electron chi connectivity index (χ3n) is 5.28. The van der Waals surface area contributed by atoms with Crippen LogP contribution >= 0.6 is 11.6 Å². The van der Waals surface area contributed by atoms with Crippen LogP contribution in [0.5, 0.6) is 0 Å². The van der Waals surface area contributed by atoms with E-state index in [0.717, 1.165) is 5.56 Å². The Bertz CT molecular complexity index is 1080. The van der Waals surface area contributed by atoms with Crippen LogP contribution < -0.4 is 5.32 Å². The molecule has 1 aliphatic rings. The van der Waals surface area contributed by atoms with Crippen molar-refractivity contribution in [3.05, 3.63) is 99.8 Å². The molecule has 3 aromatic carbocycles. The average Bonchev–Trinajstić information content (AvgIpc) is 3.07. The van der Waals surface area contributed by atoms with Crippen LogP contribution in [0.4, 0.5) is 9.18 Å². The van der Waals surface area contributed by atoms with Gasteiger partial charge in [-0.15, -0.1) is 0 Å². The van der Waals surface area contributed by atoms with Crippen LogP contribution in [0.25, 0.3) is 17.2 Å². The molecule has 0 radical (unpaired) electrons. The summed E-state index contributed by atoms with van der Waals surface area (Å²) in [5.74, 6) is -0.382. The van der Waals surface area contributed by atoms with Gasteiger partial charge in [0.15, 0.2) is 0 Å². The molecule has 0 atom stereocenters. The topological polar surface area (TPSA) is 38.3 Å². The van der Waals surface area contributed by atoms with Crippen LogP contribution in [0.1, 0.15) is 28.2 Å². The summed E-state index contributed by atoms with van der Waals surface area (Å²) >= 11 is 5.90. The standard InChI is InChI=1S/C25H21ClFNO2/c1-16-13-17(24(27)14-23(16)26)7-6-12-28-25(29)30-15-22-20-10-4-2-8-18(20)19-9-3-5-11-21(19)22/h2-11,13-14,22H,12,15H2,1H3,(H,28,29). The van der Waals surface area contributed by atoms with Gasteiger partial charge in [0.05, 0.1) is 0 Å². The summed E-state index contributed by atoms with van der Waals surface area (Å²) in [6, 6.07) is 19.3. The van der Waals surface area contributed by atoms with Crippen molar-refractivity contribution in [3.8, 4) is 11.1 Å². The maximum absolute atomic E-state index is 13.9. The van der Waals surface area contributed by atoms with Crippen molar-refractivity contribution in [2.24, 2.45) is 0 Å². The van der Waals surface area contributed by atoms with Gasteiger partial charge in [-0.25, -0.2) is 9.18 Å². The Morgan fingerprint density at radius 3 is 2.40 bits per heavy atom. The normalized spacial score (nSPS) is 12.6. The van der Waals surface area contributed by atoms with Gasteiger partial charge in [0.2, 0.25) is 0 Å². The molecule has 1 amide bonds. The van der Waals surface area contributed by atoms with Crippen molar-refractivity contribution < 1.29 is 13.9 Å². The maximum atomic E-state index is 13.9. The number of alkyl carbamates (subject to hydrolysis) is 1. The summed E-state index contributed by atoms with van der Waals surface area (Å²) in [6.45, 7) is 2.31. The number of rotatable bonds is 5. The minimum Gasteiger partial charge on any atom is -0.449 e. The number of carbonyl (C=O) groups excluding carboxylic acids is 1. The summed E-state index contributed by atoms with van der Waals surface area (Å²) in [7, 11) is 0. The van der Waals surface area contributed by atoms with Crippen LogP contribution in [-0.2, 0) is 4.74 Å². The third-order valence-corrected chi connectivity index (χ3v) is 5.69. The zero-order valence-electron chi connectivity index (χ0n) is 16.5. The summed E-state index contributed by atoms with van der Waals surface area (Å²) < 4.78 is 19.4. The van der Waals surface area contributed by atoms with Crippen molar-refractivity contribution in [1.29, 1.82) is 0 Å². The second kappa shape index (κ2) is 8.72. The van der Waals surface area contributed by atoms with Gasteiger partial charge in [0, 0.05) is 23.0 Å². The molecule has 1 aliphatic carbocycles. The molecule has 152 valence electrons. The average molecular weight is 422 g/mol. The molecule has 1 N–H and O–H groups in total. The summed E-state index contributed by atoms with van der Waals surface area (Å²) in [4.78, 5) is 12.1. The molecule has 0 aliphatic heterocycles. The van der Waals surface area contributed by atoms with Crippen LogP contribution in [0.2, 0.25) is 5.02 Å². The van der Waals surface area contributed by atoms with E-state index in [0.29, 0.717) is 10.6 Å². The Labute approximate surface area is 180 Å². The lowest BCUT2D eigenvalue weighted by Gasteiger charge is -2.14. The highest BCUT2D eigenvalue weighted by molar-refractivity contribution is 6.31.